The fraction of sp³-hybridized carbons (Fsp3) is 0.917. The Balaban J connectivity index is 2.26. The molecule has 1 rings (SSSR count). The zero-order valence-corrected chi connectivity index (χ0v) is 11.2. The van der Waals surface area contributed by atoms with Crippen LogP contribution in [0.15, 0.2) is 0 Å². The first-order valence-electron chi connectivity index (χ1n) is 6.10. The predicted octanol–water partition coefficient (Wildman–Crippen LogP) is 0.152. The van der Waals surface area contributed by atoms with Crippen LogP contribution in [0.3, 0.4) is 0 Å². The molecule has 0 aromatic heterocycles. The number of amides is 1. The van der Waals surface area contributed by atoms with Crippen LogP contribution in [0.4, 0.5) is 0 Å². The summed E-state index contributed by atoms with van der Waals surface area (Å²) in [5, 5.41) is 6.06. The van der Waals surface area contributed by atoms with Gasteiger partial charge in [-0.1, -0.05) is 13.8 Å². The van der Waals surface area contributed by atoms with Crippen molar-refractivity contribution in [3.8, 4) is 0 Å². The molecule has 1 amide bonds. The maximum atomic E-state index is 11.7. The molecule has 1 heterocycles. The summed E-state index contributed by atoms with van der Waals surface area (Å²) in [5.74, 6) is 0.272. The van der Waals surface area contributed by atoms with Crippen LogP contribution in [0.1, 0.15) is 20.8 Å². The first-order valence-corrected chi connectivity index (χ1v) is 6.10. The monoisotopic (exact) mass is 244 g/mol. The van der Waals surface area contributed by atoms with Crippen molar-refractivity contribution >= 4 is 5.91 Å². The molecule has 1 unspecified atom stereocenters. The van der Waals surface area contributed by atoms with E-state index in [9.17, 15) is 4.79 Å². The van der Waals surface area contributed by atoms with Crippen molar-refractivity contribution in [2.45, 2.75) is 32.4 Å². The Hall–Kier alpha value is -0.650. The molecule has 1 atom stereocenters. The molecule has 100 valence electrons. The normalized spacial score (nSPS) is 19.8. The summed E-state index contributed by atoms with van der Waals surface area (Å²) in [6.45, 7) is 8.39. The molecular formula is C12H24N2O3. The summed E-state index contributed by atoms with van der Waals surface area (Å²) >= 11 is 0. The van der Waals surface area contributed by atoms with Crippen LogP contribution in [-0.2, 0) is 14.3 Å². The quantitative estimate of drug-likeness (QED) is 0.669. The van der Waals surface area contributed by atoms with Gasteiger partial charge in [-0.15, -0.1) is 0 Å². The molecule has 2 N–H and O–H groups in total. The van der Waals surface area contributed by atoms with Crippen molar-refractivity contribution in [1.82, 2.24) is 10.6 Å². The Morgan fingerprint density at radius 3 is 2.53 bits per heavy atom. The second-order valence-electron chi connectivity index (χ2n) is 5.22. The Morgan fingerprint density at radius 2 is 2.12 bits per heavy atom. The van der Waals surface area contributed by atoms with Gasteiger partial charge in [-0.25, -0.2) is 0 Å². The molecule has 0 aliphatic carbocycles. The molecule has 1 fully saturated rings. The number of hydrogen-bond acceptors (Lipinski definition) is 4. The zero-order chi connectivity index (χ0) is 12.9. The molecule has 0 saturated carbocycles. The van der Waals surface area contributed by atoms with Crippen LogP contribution in [0.25, 0.3) is 0 Å². The van der Waals surface area contributed by atoms with E-state index in [1.807, 2.05) is 6.92 Å². The van der Waals surface area contributed by atoms with Crippen LogP contribution in [0, 0.1) is 5.92 Å². The average Bonchev–Trinajstić information content (AvgIpc) is 2.23. The van der Waals surface area contributed by atoms with Crippen LogP contribution >= 0.6 is 0 Å². The third kappa shape index (κ3) is 4.61. The minimum atomic E-state index is -0.175. The number of carbonyl (C=O) groups excluding carboxylic acids is 1. The fourth-order valence-electron chi connectivity index (χ4n) is 1.65. The average molecular weight is 244 g/mol. The van der Waals surface area contributed by atoms with Gasteiger partial charge in [0, 0.05) is 20.2 Å². The van der Waals surface area contributed by atoms with Crippen molar-refractivity contribution in [2.75, 3.05) is 33.4 Å². The van der Waals surface area contributed by atoms with Gasteiger partial charge in [0.1, 0.15) is 6.61 Å². The van der Waals surface area contributed by atoms with Crippen molar-refractivity contribution in [3.05, 3.63) is 0 Å². The number of nitrogens with one attached hydrogen (secondary N) is 2. The van der Waals surface area contributed by atoms with Gasteiger partial charge in [0.05, 0.1) is 18.2 Å². The van der Waals surface area contributed by atoms with E-state index in [4.69, 9.17) is 9.47 Å². The highest BCUT2D eigenvalue weighted by molar-refractivity contribution is 5.77. The van der Waals surface area contributed by atoms with E-state index in [0.29, 0.717) is 12.5 Å². The van der Waals surface area contributed by atoms with Crippen molar-refractivity contribution in [3.63, 3.8) is 0 Å². The van der Waals surface area contributed by atoms with Crippen LogP contribution < -0.4 is 10.6 Å². The number of rotatable bonds is 7. The maximum absolute atomic E-state index is 11.7. The van der Waals surface area contributed by atoms with E-state index in [1.165, 1.54) is 0 Å². The van der Waals surface area contributed by atoms with E-state index in [2.05, 4.69) is 24.5 Å². The molecule has 1 aliphatic heterocycles. The molecule has 5 heteroatoms. The van der Waals surface area contributed by atoms with E-state index >= 15 is 0 Å². The summed E-state index contributed by atoms with van der Waals surface area (Å²) in [6.07, 6.45) is 0. The highest BCUT2D eigenvalue weighted by Crippen LogP contribution is 2.14. The summed E-state index contributed by atoms with van der Waals surface area (Å²) < 4.78 is 10.6. The molecule has 0 aromatic carbocycles. The van der Waals surface area contributed by atoms with Gasteiger partial charge in [0.2, 0.25) is 5.91 Å². The third-order valence-electron chi connectivity index (χ3n) is 3.05. The molecule has 0 spiro atoms. The minimum absolute atomic E-state index is 0.0448. The zero-order valence-electron chi connectivity index (χ0n) is 11.2. The topological polar surface area (TPSA) is 59.6 Å². The Labute approximate surface area is 103 Å². The summed E-state index contributed by atoms with van der Waals surface area (Å²) in [7, 11) is 1.64. The molecule has 1 saturated heterocycles. The van der Waals surface area contributed by atoms with Crippen molar-refractivity contribution < 1.29 is 14.3 Å². The van der Waals surface area contributed by atoms with Crippen molar-refractivity contribution in [2.24, 2.45) is 5.92 Å². The van der Waals surface area contributed by atoms with E-state index in [1.54, 1.807) is 7.11 Å². The van der Waals surface area contributed by atoms with Crippen LogP contribution in [0.5, 0.6) is 0 Å². The fourth-order valence-corrected chi connectivity index (χ4v) is 1.65. The maximum Gasteiger partial charge on any atom is 0.246 e. The van der Waals surface area contributed by atoms with Gasteiger partial charge in [0.25, 0.3) is 0 Å². The SMILES string of the molecule is COCC(NC(=O)COC1(C)CNC1)C(C)C. The summed E-state index contributed by atoms with van der Waals surface area (Å²) in [5.41, 5.74) is -0.175. The van der Waals surface area contributed by atoms with E-state index in [0.717, 1.165) is 13.1 Å². The lowest BCUT2D eigenvalue weighted by Crippen LogP contribution is -2.60. The van der Waals surface area contributed by atoms with Gasteiger partial charge in [0.15, 0.2) is 0 Å². The minimum Gasteiger partial charge on any atom is -0.383 e. The summed E-state index contributed by atoms with van der Waals surface area (Å²) in [6, 6.07) is 0.0448. The lowest BCUT2D eigenvalue weighted by molar-refractivity contribution is -0.137. The van der Waals surface area contributed by atoms with Crippen LogP contribution in [0.2, 0.25) is 0 Å². The Kier molecular flexibility index (Phi) is 5.36. The molecule has 5 nitrogen and oxygen atoms in total. The van der Waals surface area contributed by atoms with Crippen LogP contribution in [-0.4, -0.2) is 51.0 Å². The highest BCUT2D eigenvalue weighted by atomic mass is 16.5. The van der Waals surface area contributed by atoms with Gasteiger partial charge in [-0.3, -0.25) is 4.79 Å². The second-order valence-corrected chi connectivity index (χ2v) is 5.22. The molecule has 1 aliphatic rings. The van der Waals surface area contributed by atoms with Gasteiger partial charge < -0.3 is 20.1 Å². The molecule has 0 bridgehead atoms. The summed E-state index contributed by atoms with van der Waals surface area (Å²) in [4.78, 5) is 11.7. The van der Waals surface area contributed by atoms with Gasteiger partial charge >= 0.3 is 0 Å². The van der Waals surface area contributed by atoms with Gasteiger partial charge in [-0.2, -0.15) is 0 Å². The lowest BCUT2D eigenvalue weighted by atomic mass is 10.0. The second kappa shape index (κ2) is 6.33. The number of ether oxygens (including phenoxy) is 2. The standard InChI is InChI=1S/C12H24N2O3/c1-9(2)10(5-16-4)14-11(15)6-17-12(3)7-13-8-12/h9-10,13H,5-8H2,1-4H3,(H,14,15). The predicted molar refractivity (Wildman–Crippen MR) is 65.9 cm³/mol. The third-order valence-corrected chi connectivity index (χ3v) is 3.05. The molecule has 0 radical (unpaired) electrons. The van der Waals surface area contributed by atoms with Gasteiger partial charge in [-0.05, 0) is 12.8 Å². The first kappa shape index (κ1) is 14.4. The van der Waals surface area contributed by atoms with E-state index < -0.39 is 0 Å². The number of hydrogen-bond donors (Lipinski definition) is 2. The Morgan fingerprint density at radius 1 is 1.47 bits per heavy atom. The lowest BCUT2D eigenvalue weighted by Gasteiger charge is -2.38. The Bertz CT molecular complexity index is 252. The number of methoxy groups -OCH3 is 1. The van der Waals surface area contributed by atoms with Crippen molar-refractivity contribution in [1.29, 1.82) is 0 Å². The smallest absolute Gasteiger partial charge is 0.246 e. The molecule has 0 aromatic rings. The molecular weight excluding hydrogens is 220 g/mol. The van der Waals surface area contributed by atoms with E-state index in [-0.39, 0.29) is 24.2 Å². The number of carbonyl (C=O) groups is 1. The first-order chi connectivity index (χ1) is 7.97. The largest absolute Gasteiger partial charge is 0.383 e. The molecule has 17 heavy (non-hydrogen) atoms. The highest BCUT2D eigenvalue weighted by Gasteiger charge is 2.33.